The molecule has 142 valence electrons. The van der Waals surface area contributed by atoms with E-state index in [0.29, 0.717) is 0 Å². The quantitative estimate of drug-likeness (QED) is 0.504. The second-order valence-electron chi connectivity index (χ2n) is 9.14. The highest BCUT2D eigenvalue weighted by Crippen LogP contribution is 2.48. The maximum atomic E-state index is 9.09. The number of nitriles is 1. The predicted octanol–water partition coefficient (Wildman–Crippen LogP) is 7.59. The molecule has 2 aromatic rings. The van der Waals surface area contributed by atoms with Gasteiger partial charge in [0.25, 0.3) is 0 Å². The third-order valence-corrected chi connectivity index (χ3v) is 7.40. The molecule has 0 saturated heterocycles. The van der Waals surface area contributed by atoms with Crippen LogP contribution in [0.2, 0.25) is 0 Å². The van der Waals surface area contributed by atoms with Gasteiger partial charge in [-0.25, -0.2) is 0 Å². The third kappa shape index (κ3) is 4.21. The Balaban J connectivity index is 1.40. The summed E-state index contributed by atoms with van der Waals surface area (Å²) in [4.78, 5) is 0. The monoisotopic (exact) mass is 359 g/mol. The van der Waals surface area contributed by atoms with E-state index in [1.165, 1.54) is 80.5 Å². The van der Waals surface area contributed by atoms with Crippen molar-refractivity contribution in [3.63, 3.8) is 0 Å². The summed E-state index contributed by atoms with van der Waals surface area (Å²) in [5.41, 5.74) is 2.28. The standard InChI is InChI=1S/C26H33N/c1-2-3-4-5-19-6-8-23-16-25(12-10-21(23)14-19)26-13-11-22-15-20(18-27)7-9-24(22)17-26/h7,9,11,13,15,17,19,21,23,25H,2-6,8,10,12,14,16H2,1H3/t19-,21?,23-,25?/m1/s1. The van der Waals surface area contributed by atoms with Gasteiger partial charge in [-0.05, 0) is 84.2 Å². The van der Waals surface area contributed by atoms with Crippen molar-refractivity contribution in [3.8, 4) is 6.07 Å². The van der Waals surface area contributed by atoms with E-state index in [1.807, 2.05) is 12.1 Å². The molecule has 0 amide bonds. The Kier molecular flexibility index (Phi) is 5.82. The molecule has 0 aliphatic heterocycles. The van der Waals surface area contributed by atoms with Crippen molar-refractivity contribution in [2.24, 2.45) is 17.8 Å². The molecule has 0 N–H and O–H groups in total. The lowest BCUT2D eigenvalue weighted by atomic mass is 9.63. The summed E-state index contributed by atoms with van der Waals surface area (Å²) in [6.07, 6.45) is 14.4. The van der Waals surface area contributed by atoms with Crippen molar-refractivity contribution in [1.82, 2.24) is 0 Å². The van der Waals surface area contributed by atoms with Crippen LogP contribution < -0.4 is 0 Å². The van der Waals surface area contributed by atoms with Gasteiger partial charge in [-0.15, -0.1) is 0 Å². The number of rotatable bonds is 5. The van der Waals surface area contributed by atoms with E-state index in [9.17, 15) is 0 Å². The van der Waals surface area contributed by atoms with Crippen LogP contribution in [0.4, 0.5) is 0 Å². The van der Waals surface area contributed by atoms with Crippen molar-refractivity contribution in [1.29, 1.82) is 5.26 Å². The Bertz CT molecular complexity index is 815. The third-order valence-electron chi connectivity index (χ3n) is 7.40. The first-order valence-corrected chi connectivity index (χ1v) is 11.2. The van der Waals surface area contributed by atoms with Gasteiger partial charge in [0.15, 0.2) is 0 Å². The van der Waals surface area contributed by atoms with Gasteiger partial charge in [-0.1, -0.05) is 63.3 Å². The molecule has 4 atom stereocenters. The van der Waals surface area contributed by atoms with Crippen LogP contribution in [-0.4, -0.2) is 0 Å². The van der Waals surface area contributed by atoms with E-state index in [1.54, 1.807) is 0 Å². The van der Waals surface area contributed by atoms with Crippen LogP contribution in [0.15, 0.2) is 36.4 Å². The van der Waals surface area contributed by atoms with Gasteiger partial charge in [0.1, 0.15) is 0 Å². The summed E-state index contributed by atoms with van der Waals surface area (Å²) in [5.74, 6) is 3.72. The topological polar surface area (TPSA) is 23.8 Å². The predicted molar refractivity (Wildman–Crippen MR) is 114 cm³/mol. The van der Waals surface area contributed by atoms with E-state index in [-0.39, 0.29) is 0 Å². The molecule has 2 saturated carbocycles. The molecule has 0 spiro atoms. The molecule has 1 nitrogen and oxygen atoms in total. The van der Waals surface area contributed by atoms with Gasteiger partial charge >= 0.3 is 0 Å². The molecular weight excluding hydrogens is 326 g/mol. The van der Waals surface area contributed by atoms with Crippen LogP contribution in [0.3, 0.4) is 0 Å². The summed E-state index contributed by atoms with van der Waals surface area (Å²) in [7, 11) is 0. The normalized spacial score (nSPS) is 27.9. The van der Waals surface area contributed by atoms with Crippen molar-refractivity contribution in [2.45, 2.75) is 77.0 Å². The lowest BCUT2D eigenvalue weighted by molar-refractivity contribution is 0.113. The molecule has 2 aliphatic rings. The highest BCUT2D eigenvalue weighted by atomic mass is 14.4. The second kappa shape index (κ2) is 8.47. The Labute approximate surface area is 164 Å². The van der Waals surface area contributed by atoms with Gasteiger partial charge in [-0.2, -0.15) is 5.26 Å². The Morgan fingerprint density at radius 3 is 2.52 bits per heavy atom. The fraction of sp³-hybridized carbons (Fsp3) is 0.577. The number of benzene rings is 2. The van der Waals surface area contributed by atoms with Crippen LogP contribution in [0, 0.1) is 29.1 Å². The minimum absolute atomic E-state index is 0.739. The van der Waals surface area contributed by atoms with E-state index in [2.05, 4.69) is 37.3 Å². The highest BCUT2D eigenvalue weighted by Gasteiger charge is 2.35. The van der Waals surface area contributed by atoms with Gasteiger partial charge in [0.05, 0.1) is 11.6 Å². The van der Waals surface area contributed by atoms with Crippen molar-refractivity contribution in [3.05, 3.63) is 47.5 Å². The molecule has 2 aromatic carbocycles. The summed E-state index contributed by atoms with van der Waals surface area (Å²) in [6, 6.07) is 15.3. The maximum absolute atomic E-state index is 9.09. The molecule has 2 fully saturated rings. The summed E-state index contributed by atoms with van der Waals surface area (Å²) >= 11 is 0. The van der Waals surface area contributed by atoms with Gasteiger partial charge in [-0.3, -0.25) is 0 Å². The molecule has 0 heterocycles. The largest absolute Gasteiger partial charge is 0.192 e. The van der Waals surface area contributed by atoms with Crippen LogP contribution in [0.5, 0.6) is 0 Å². The van der Waals surface area contributed by atoms with E-state index >= 15 is 0 Å². The average Bonchev–Trinajstić information content (AvgIpc) is 2.72. The Hall–Kier alpha value is -1.81. The van der Waals surface area contributed by atoms with E-state index in [0.717, 1.165) is 29.2 Å². The lowest BCUT2D eigenvalue weighted by Gasteiger charge is -2.42. The first-order chi connectivity index (χ1) is 13.3. The zero-order valence-electron chi connectivity index (χ0n) is 16.8. The van der Waals surface area contributed by atoms with E-state index < -0.39 is 0 Å². The number of hydrogen-bond donors (Lipinski definition) is 0. The first kappa shape index (κ1) is 18.5. The van der Waals surface area contributed by atoms with Crippen molar-refractivity contribution < 1.29 is 0 Å². The highest BCUT2D eigenvalue weighted by molar-refractivity contribution is 5.84. The van der Waals surface area contributed by atoms with Crippen molar-refractivity contribution in [2.75, 3.05) is 0 Å². The fourth-order valence-corrected chi connectivity index (χ4v) is 5.82. The van der Waals surface area contributed by atoms with Crippen LogP contribution >= 0.6 is 0 Å². The number of nitrogens with zero attached hydrogens (tertiary/aromatic N) is 1. The van der Waals surface area contributed by atoms with Gasteiger partial charge < -0.3 is 0 Å². The molecule has 4 rings (SSSR count). The molecule has 0 aromatic heterocycles. The lowest BCUT2D eigenvalue weighted by Crippen LogP contribution is -2.30. The van der Waals surface area contributed by atoms with Crippen molar-refractivity contribution >= 4 is 10.8 Å². The summed E-state index contributed by atoms with van der Waals surface area (Å²) in [5, 5.41) is 11.6. The molecule has 2 aliphatic carbocycles. The second-order valence-corrected chi connectivity index (χ2v) is 9.14. The molecule has 1 heteroatoms. The molecule has 0 radical (unpaired) electrons. The zero-order chi connectivity index (χ0) is 18.6. The average molecular weight is 360 g/mol. The van der Waals surface area contributed by atoms with Gasteiger partial charge in [0.2, 0.25) is 0 Å². The zero-order valence-corrected chi connectivity index (χ0v) is 16.8. The van der Waals surface area contributed by atoms with E-state index in [4.69, 9.17) is 5.26 Å². The first-order valence-electron chi connectivity index (χ1n) is 11.2. The smallest absolute Gasteiger partial charge is 0.0991 e. The Morgan fingerprint density at radius 2 is 1.67 bits per heavy atom. The molecule has 27 heavy (non-hydrogen) atoms. The number of unbranched alkanes of at least 4 members (excludes halogenated alkanes) is 2. The summed E-state index contributed by atoms with van der Waals surface area (Å²) < 4.78 is 0. The Morgan fingerprint density at radius 1 is 0.889 bits per heavy atom. The molecule has 0 bridgehead atoms. The fourth-order valence-electron chi connectivity index (χ4n) is 5.82. The number of hydrogen-bond acceptors (Lipinski definition) is 1. The number of fused-ring (bicyclic) bond motifs is 2. The maximum Gasteiger partial charge on any atom is 0.0991 e. The van der Waals surface area contributed by atoms with Crippen LogP contribution in [0.25, 0.3) is 10.8 Å². The minimum Gasteiger partial charge on any atom is -0.192 e. The molecule has 2 unspecified atom stereocenters. The SMILES string of the molecule is CCCCC[C@@H]1CC[C@@H]2CC(c3ccc4cc(C#N)ccc4c3)CCC2C1. The summed E-state index contributed by atoms with van der Waals surface area (Å²) in [6.45, 7) is 2.31. The van der Waals surface area contributed by atoms with Crippen LogP contribution in [0.1, 0.15) is 88.2 Å². The minimum atomic E-state index is 0.739. The van der Waals surface area contributed by atoms with Gasteiger partial charge in [0, 0.05) is 0 Å². The van der Waals surface area contributed by atoms with Crippen LogP contribution in [-0.2, 0) is 0 Å². The molecular formula is C26H33N.